The molecule has 2 aromatic rings. The summed E-state index contributed by atoms with van der Waals surface area (Å²) in [6.07, 6.45) is 1.42. The number of carboxylic acid groups (broad SMARTS) is 1. The third-order valence-electron chi connectivity index (χ3n) is 2.84. The highest BCUT2D eigenvalue weighted by Gasteiger charge is 2.14. The number of H-pyrrole nitrogens is 1. The molecule has 100 valence electrons. The number of nitrogens with one attached hydrogen (secondary N) is 2. The van der Waals surface area contributed by atoms with Gasteiger partial charge in [-0.2, -0.15) is 5.10 Å². The summed E-state index contributed by atoms with van der Waals surface area (Å²) < 4.78 is 0. The Morgan fingerprint density at radius 1 is 1.53 bits per heavy atom. The second-order valence-corrected chi connectivity index (χ2v) is 4.30. The quantitative estimate of drug-likeness (QED) is 0.620. The molecule has 0 saturated heterocycles. The molecule has 1 aromatic heterocycles. The van der Waals surface area contributed by atoms with Gasteiger partial charge in [0.05, 0.1) is 11.6 Å². The van der Waals surface area contributed by atoms with Crippen molar-refractivity contribution in [3.8, 4) is 0 Å². The molecular weight excluding hydrogens is 246 g/mol. The van der Waals surface area contributed by atoms with E-state index in [9.17, 15) is 4.79 Å². The molecule has 0 bridgehead atoms. The maximum atomic E-state index is 11.1. The molecule has 0 aliphatic carbocycles. The first-order valence-corrected chi connectivity index (χ1v) is 5.74. The molecule has 0 radical (unpaired) electrons. The summed E-state index contributed by atoms with van der Waals surface area (Å²) in [6.45, 7) is 3.67. The molecule has 19 heavy (non-hydrogen) atoms. The Hall–Kier alpha value is -2.57. The van der Waals surface area contributed by atoms with Crippen LogP contribution < -0.4 is 11.1 Å². The Balaban J connectivity index is 2.28. The molecule has 0 saturated carbocycles. The molecule has 2 rings (SSSR count). The van der Waals surface area contributed by atoms with Crippen LogP contribution in [-0.2, 0) is 0 Å². The minimum Gasteiger partial charge on any atom is -0.478 e. The predicted octanol–water partition coefficient (Wildman–Crippen LogP) is 1.57. The molecule has 1 unspecified atom stereocenters. The number of aromatic nitrogens is 3. The van der Waals surface area contributed by atoms with Gasteiger partial charge in [-0.25, -0.2) is 9.78 Å². The van der Waals surface area contributed by atoms with Crippen molar-refractivity contribution in [1.82, 2.24) is 15.2 Å². The number of rotatable bonds is 4. The summed E-state index contributed by atoms with van der Waals surface area (Å²) in [5.41, 5.74) is 7.50. The van der Waals surface area contributed by atoms with Gasteiger partial charge in [0.25, 0.3) is 0 Å². The smallest absolute Gasteiger partial charge is 0.337 e. The van der Waals surface area contributed by atoms with Crippen molar-refractivity contribution in [3.63, 3.8) is 0 Å². The van der Waals surface area contributed by atoms with Crippen LogP contribution in [0.4, 0.5) is 11.4 Å². The monoisotopic (exact) mass is 261 g/mol. The van der Waals surface area contributed by atoms with Gasteiger partial charge in [-0.1, -0.05) is 0 Å². The van der Waals surface area contributed by atoms with Crippen LogP contribution in [0, 0.1) is 6.92 Å². The van der Waals surface area contributed by atoms with Crippen LogP contribution in [0.1, 0.15) is 34.7 Å². The van der Waals surface area contributed by atoms with Gasteiger partial charge in [0.2, 0.25) is 0 Å². The van der Waals surface area contributed by atoms with Gasteiger partial charge >= 0.3 is 5.97 Å². The van der Waals surface area contributed by atoms with Gasteiger partial charge < -0.3 is 16.2 Å². The Morgan fingerprint density at radius 3 is 2.84 bits per heavy atom. The number of carboxylic acids is 1. The minimum atomic E-state index is -1.04. The van der Waals surface area contributed by atoms with E-state index in [4.69, 9.17) is 10.8 Å². The van der Waals surface area contributed by atoms with E-state index < -0.39 is 5.97 Å². The van der Waals surface area contributed by atoms with E-state index in [0.717, 1.165) is 0 Å². The average molecular weight is 261 g/mol. The highest BCUT2D eigenvalue weighted by molar-refractivity contribution is 5.95. The number of hydrogen-bond donors (Lipinski definition) is 4. The minimum absolute atomic E-state index is 0.0901. The van der Waals surface area contributed by atoms with Gasteiger partial charge in [0.15, 0.2) is 0 Å². The van der Waals surface area contributed by atoms with Crippen molar-refractivity contribution < 1.29 is 9.90 Å². The summed E-state index contributed by atoms with van der Waals surface area (Å²) in [5, 5.41) is 18.8. The van der Waals surface area contributed by atoms with E-state index in [-0.39, 0.29) is 17.3 Å². The summed E-state index contributed by atoms with van der Waals surface area (Å²) in [5.74, 6) is -0.372. The predicted molar refractivity (Wildman–Crippen MR) is 71.0 cm³/mol. The topological polar surface area (TPSA) is 117 Å². The molecule has 5 N–H and O–H groups in total. The van der Waals surface area contributed by atoms with E-state index in [0.29, 0.717) is 17.1 Å². The fourth-order valence-corrected chi connectivity index (χ4v) is 1.80. The average Bonchev–Trinajstić information content (AvgIpc) is 2.86. The maximum Gasteiger partial charge on any atom is 0.337 e. The zero-order valence-corrected chi connectivity index (χ0v) is 10.6. The summed E-state index contributed by atoms with van der Waals surface area (Å²) >= 11 is 0. The number of nitrogens with two attached hydrogens (primary N) is 1. The van der Waals surface area contributed by atoms with E-state index in [1.165, 1.54) is 12.4 Å². The van der Waals surface area contributed by atoms with Gasteiger partial charge in [0.1, 0.15) is 12.2 Å². The lowest BCUT2D eigenvalue weighted by Crippen LogP contribution is -2.11. The van der Waals surface area contributed by atoms with Gasteiger partial charge in [-0.15, -0.1) is 0 Å². The first-order chi connectivity index (χ1) is 8.99. The van der Waals surface area contributed by atoms with Gasteiger partial charge in [0, 0.05) is 11.4 Å². The zero-order valence-electron chi connectivity index (χ0n) is 10.6. The zero-order chi connectivity index (χ0) is 14.0. The molecule has 0 aliphatic heterocycles. The van der Waals surface area contributed by atoms with Crippen molar-refractivity contribution in [2.24, 2.45) is 0 Å². The van der Waals surface area contributed by atoms with E-state index in [2.05, 4.69) is 20.5 Å². The van der Waals surface area contributed by atoms with E-state index >= 15 is 0 Å². The lowest BCUT2D eigenvalue weighted by atomic mass is 10.1. The molecule has 7 nitrogen and oxygen atoms in total. The Kier molecular flexibility index (Phi) is 3.37. The largest absolute Gasteiger partial charge is 0.478 e. The number of aromatic amines is 1. The molecule has 0 amide bonds. The molecule has 1 aromatic carbocycles. The third-order valence-corrected chi connectivity index (χ3v) is 2.84. The van der Waals surface area contributed by atoms with Crippen molar-refractivity contribution in [3.05, 3.63) is 35.4 Å². The van der Waals surface area contributed by atoms with Crippen molar-refractivity contribution in [2.45, 2.75) is 19.9 Å². The molecule has 1 atom stereocenters. The Labute approximate surface area is 109 Å². The number of benzene rings is 1. The van der Waals surface area contributed by atoms with Crippen LogP contribution >= 0.6 is 0 Å². The number of anilines is 2. The molecule has 0 aliphatic rings. The fourth-order valence-electron chi connectivity index (χ4n) is 1.80. The second kappa shape index (κ2) is 4.97. The summed E-state index contributed by atoms with van der Waals surface area (Å²) in [7, 11) is 0. The number of aryl methyl sites for hydroxylation is 1. The molecule has 0 fully saturated rings. The second-order valence-electron chi connectivity index (χ2n) is 4.30. The number of nitrogens with zero attached hydrogens (tertiary/aromatic N) is 2. The van der Waals surface area contributed by atoms with Crippen molar-refractivity contribution in [2.75, 3.05) is 11.1 Å². The molecule has 7 heteroatoms. The van der Waals surface area contributed by atoms with Crippen molar-refractivity contribution >= 4 is 17.3 Å². The highest BCUT2D eigenvalue weighted by Crippen LogP contribution is 2.25. The molecule has 0 spiro atoms. The fraction of sp³-hybridized carbons (Fsp3) is 0.250. The van der Waals surface area contributed by atoms with E-state index in [1.807, 2.05) is 6.92 Å². The maximum absolute atomic E-state index is 11.1. The standard InChI is InChI=1S/C12H15N5O2/c1-6-3-8(4-9(10(6)13)12(18)19)16-7(2)11-14-5-15-17-11/h3-5,7,16H,13H2,1-2H3,(H,18,19)(H,14,15,17). The van der Waals surface area contributed by atoms with Crippen LogP contribution in [0.25, 0.3) is 0 Å². The first kappa shape index (κ1) is 12.9. The highest BCUT2D eigenvalue weighted by atomic mass is 16.4. The Morgan fingerprint density at radius 2 is 2.26 bits per heavy atom. The van der Waals surface area contributed by atoms with Crippen molar-refractivity contribution in [1.29, 1.82) is 0 Å². The van der Waals surface area contributed by atoms with Gasteiger partial charge in [-0.05, 0) is 31.5 Å². The lowest BCUT2D eigenvalue weighted by molar-refractivity contribution is 0.0698. The van der Waals surface area contributed by atoms with Crippen LogP contribution in [0.15, 0.2) is 18.5 Å². The Bertz CT molecular complexity index is 594. The van der Waals surface area contributed by atoms with Gasteiger partial charge in [-0.3, -0.25) is 5.10 Å². The third kappa shape index (κ3) is 2.65. The SMILES string of the molecule is Cc1cc(NC(C)c2ncn[nH]2)cc(C(=O)O)c1N. The summed E-state index contributed by atoms with van der Waals surface area (Å²) in [4.78, 5) is 15.1. The number of nitrogen functional groups attached to an aromatic ring is 1. The molecule has 1 heterocycles. The molecular formula is C12H15N5O2. The first-order valence-electron chi connectivity index (χ1n) is 5.74. The van der Waals surface area contributed by atoms with E-state index in [1.54, 1.807) is 13.0 Å². The number of hydrogen-bond acceptors (Lipinski definition) is 5. The lowest BCUT2D eigenvalue weighted by Gasteiger charge is -2.15. The van der Waals surface area contributed by atoms with Crippen LogP contribution in [-0.4, -0.2) is 26.3 Å². The van der Waals surface area contributed by atoms with Crippen LogP contribution in [0.5, 0.6) is 0 Å². The normalized spacial score (nSPS) is 12.1. The number of carbonyl (C=O) groups is 1. The number of aromatic carboxylic acids is 1. The summed E-state index contributed by atoms with van der Waals surface area (Å²) in [6, 6.07) is 3.19. The van der Waals surface area contributed by atoms with Crippen LogP contribution in [0.3, 0.4) is 0 Å². The van der Waals surface area contributed by atoms with Crippen LogP contribution in [0.2, 0.25) is 0 Å².